The molecule has 1 aromatic rings. The molecule has 1 aliphatic rings. The van der Waals surface area contributed by atoms with Crippen LogP contribution in [0.4, 0.5) is 0 Å². The van der Waals surface area contributed by atoms with Crippen molar-refractivity contribution < 1.29 is 4.79 Å². The molecule has 0 unspecified atom stereocenters. The summed E-state index contributed by atoms with van der Waals surface area (Å²) in [4.78, 5) is 12.9. The Balaban J connectivity index is 2.33. The van der Waals surface area contributed by atoms with E-state index in [4.69, 9.17) is 0 Å². The van der Waals surface area contributed by atoms with E-state index < -0.39 is 0 Å². The molecule has 0 saturated carbocycles. The second kappa shape index (κ2) is 3.77. The lowest BCUT2D eigenvalue weighted by Crippen LogP contribution is -2.21. The van der Waals surface area contributed by atoms with Gasteiger partial charge in [-0.2, -0.15) is 0 Å². The predicted octanol–water partition coefficient (Wildman–Crippen LogP) is 3.39. The molecule has 14 heavy (non-hydrogen) atoms. The van der Waals surface area contributed by atoms with E-state index in [2.05, 4.69) is 13.8 Å². The first-order valence-electron chi connectivity index (χ1n) is 4.97. The highest BCUT2D eigenvalue weighted by Crippen LogP contribution is 2.38. The standard InChI is InChI=1S/C12H14OS/c1-8(2)12-7-10(13)9-5-3-4-6-11(9)14-12/h3-6,8,12H,7H2,1-2H3/t12-/m1/s1. The number of rotatable bonds is 1. The topological polar surface area (TPSA) is 17.1 Å². The summed E-state index contributed by atoms with van der Waals surface area (Å²) >= 11 is 1.85. The lowest BCUT2D eigenvalue weighted by atomic mass is 10.00. The zero-order chi connectivity index (χ0) is 10.1. The fourth-order valence-electron chi connectivity index (χ4n) is 1.67. The summed E-state index contributed by atoms with van der Waals surface area (Å²) in [6.07, 6.45) is 0.694. The van der Waals surface area contributed by atoms with Crippen molar-refractivity contribution in [1.29, 1.82) is 0 Å². The van der Waals surface area contributed by atoms with Gasteiger partial charge in [-0.1, -0.05) is 32.0 Å². The molecule has 0 bridgehead atoms. The first-order valence-corrected chi connectivity index (χ1v) is 5.85. The first kappa shape index (κ1) is 9.78. The zero-order valence-electron chi connectivity index (χ0n) is 8.49. The highest BCUT2D eigenvalue weighted by molar-refractivity contribution is 8.00. The van der Waals surface area contributed by atoms with Gasteiger partial charge in [0.25, 0.3) is 0 Å². The van der Waals surface area contributed by atoms with Crippen molar-refractivity contribution in [3.8, 4) is 0 Å². The summed E-state index contributed by atoms with van der Waals surface area (Å²) in [5.41, 5.74) is 0.911. The number of Topliss-reactive ketones (excluding diaryl/α,β-unsaturated/α-hetero) is 1. The third kappa shape index (κ3) is 1.71. The summed E-state index contributed by atoms with van der Waals surface area (Å²) in [6, 6.07) is 7.92. The highest BCUT2D eigenvalue weighted by atomic mass is 32.2. The van der Waals surface area contributed by atoms with Crippen molar-refractivity contribution in [2.45, 2.75) is 30.4 Å². The van der Waals surface area contributed by atoms with Crippen LogP contribution in [-0.4, -0.2) is 11.0 Å². The molecule has 0 aromatic heterocycles. The number of hydrogen-bond acceptors (Lipinski definition) is 2. The zero-order valence-corrected chi connectivity index (χ0v) is 9.30. The minimum atomic E-state index is 0.304. The van der Waals surface area contributed by atoms with Gasteiger partial charge in [-0.3, -0.25) is 4.79 Å². The summed E-state index contributed by atoms with van der Waals surface area (Å²) in [6.45, 7) is 4.36. The van der Waals surface area contributed by atoms with Crippen molar-refractivity contribution in [2.75, 3.05) is 0 Å². The van der Waals surface area contributed by atoms with E-state index in [1.165, 1.54) is 0 Å². The molecule has 1 aliphatic heterocycles. The van der Waals surface area contributed by atoms with Gasteiger partial charge in [0, 0.05) is 22.1 Å². The minimum Gasteiger partial charge on any atom is -0.294 e. The lowest BCUT2D eigenvalue weighted by molar-refractivity contribution is 0.0972. The Morgan fingerprint density at radius 1 is 1.36 bits per heavy atom. The Kier molecular flexibility index (Phi) is 2.64. The van der Waals surface area contributed by atoms with Crippen LogP contribution >= 0.6 is 11.8 Å². The Bertz CT molecular complexity index is 357. The quantitative estimate of drug-likeness (QED) is 0.700. The molecular formula is C12H14OS. The summed E-state index contributed by atoms with van der Waals surface area (Å²) in [5, 5.41) is 0.456. The first-order chi connectivity index (χ1) is 6.68. The molecule has 74 valence electrons. The molecule has 1 atom stereocenters. The summed E-state index contributed by atoms with van der Waals surface area (Å²) in [5.74, 6) is 0.871. The van der Waals surface area contributed by atoms with Crippen LogP contribution in [0.1, 0.15) is 30.6 Å². The SMILES string of the molecule is CC(C)[C@H]1CC(=O)c2ccccc2S1. The van der Waals surface area contributed by atoms with Crippen molar-refractivity contribution in [1.82, 2.24) is 0 Å². The van der Waals surface area contributed by atoms with E-state index in [0.29, 0.717) is 23.4 Å². The molecule has 0 N–H and O–H groups in total. The van der Waals surface area contributed by atoms with E-state index in [1.807, 2.05) is 36.0 Å². The fourth-order valence-corrected chi connectivity index (χ4v) is 2.97. The average Bonchev–Trinajstić information content (AvgIpc) is 2.17. The van der Waals surface area contributed by atoms with Gasteiger partial charge in [0.2, 0.25) is 0 Å². The number of hydrogen-bond donors (Lipinski definition) is 0. The van der Waals surface area contributed by atoms with Gasteiger partial charge in [0.05, 0.1) is 0 Å². The van der Waals surface area contributed by atoms with Gasteiger partial charge < -0.3 is 0 Å². The fraction of sp³-hybridized carbons (Fsp3) is 0.417. The van der Waals surface area contributed by atoms with E-state index in [-0.39, 0.29) is 0 Å². The number of thioether (sulfide) groups is 1. The van der Waals surface area contributed by atoms with Crippen molar-refractivity contribution in [3.05, 3.63) is 29.8 Å². The molecule has 0 radical (unpaired) electrons. The van der Waals surface area contributed by atoms with Crippen LogP contribution < -0.4 is 0 Å². The van der Waals surface area contributed by atoms with Crippen LogP contribution in [0.5, 0.6) is 0 Å². The molecule has 2 rings (SSSR count). The molecular weight excluding hydrogens is 192 g/mol. The van der Waals surface area contributed by atoms with Crippen molar-refractivity contribution in [2.24, 2.45) is 5.92 Å². The molecule has 1 aromatic carbocycles. The van der Waals surface area contributed by atoms with Gasteiger partial charge >= 0.3 is 0 Å². The number of carbonyl (C=O) groups excluding carboxylic acids is 1. The van der Waals surface area contributed by atoms with Gasteiger partial charge in [-0.05, 0) is 12.0 Å². The highest BCUT2D eigenvalue weighted by Gasteiger charge is 2.26. The van der Waals surface area contributed by atoms with Crippen LogP contribution in [0, 0.1) is 5.92 Å². The summed E-state index contributed by atoms with van der Waals surface area (Å²) in [7, 11) is 0. The van der Waals surface area contributed by atoms with Gasteiger partial charge in [0.15, 0.2) is 5.78 Å². The molecule has 0 amide bonds. The van der Waals surface area contributed by atoms with E-state index in [0.717, 1.165) is 10.5 Å². The number of fused-ring (bicyclic) bond motifs is 1. The van der Waals surface area contributed by atoms with Gasteiger partial charge in [-0.15, -0.1) is 11.8 Å². The van der Waals surface area contributed by atoms with Crippen LogP contribution in [0.15, 0.2) is 29.2 Å². The Labute approximate surface area is 88.9 Å². The van der Waals surface area contributed by atoms with Crippen molar-refractivity contribution in [3.63, 3.8) is 0 Å². The number of carbonyl (C=O) groups is 1. The Morgan fingerprint density at radius 3 is 2.79 bits per heavy atom. The van der Waals surface area contributed by atoms with Crippen LogP contribution in [0.2, 0.25) is 0 Å². The molecule has 0 fully saturated rings. The van der Waals surface area contributed by atoms with Crippen LogP contribution in [0.3, 0.4) is 0 Å². The van der Waals surface area contributed by atoms with E-state index in [1.54, 1.807) is 0 Å². The molecule has 2 heteroatoms. The van der Waals surface area contributed by atoms with Gasteiger partial charge in [0.1, 0.15) is 0 Å². The number of benzene rings is 1. The smallest absolute Gasteiger partial charge is 0.165 e. The molecule has 0 saturated heterocycles. The molecule has 0 aliphatic carbocycles. The monoisotopic (exact) mass is 206 g/mol. The largest absolute Gasteiger partial charge is 0.294 e. The van der Waals surface area contributed by atoms with E-state index >= 15 is 0 Å². The van der Waals surface area contributed by atoms with Gasteiger partial charge in [-0.25, -0.2) is 0 Å². The second-order valence-electron chi connectivity index (χ2n) is 4.02. The second-order valence-corrected chi connectivity index (χ2v) is 5.30. The minimum absolute atomic E-state index is 0.304. The van der Waals surface area contributed by atoms with Crippen LogP contribution in [-0.2, 0) is 0 Å². The van der Waals surface area contributed by atoms with Crippen LogP contribution in [0.25, 0.3) is 0 Å². The maximum atomic E-state index is 11.8. The lowest BCUT2D eigenvalue weighted by Gasteiger charge is -2.25. The Hall–Kier alpha value is -0.760. The maximum absolute atomic E-state index is 11.8. The van der Waals surface area contributed by atoms with E-state index in [9.17, 15) is 4.79 Å². The normalized spacial score (nSPS) is 21.1. The predicted molar refractivity (Wildman–Crippen MR) is 59.9 cm³/mol. The summed E-state index contributed by atoms with van der Waals surface area (Å²) < 4.78 is 0. The molecule has 1 heterocycles. The molecule has 0 spiro atoms. The number of ketones is 1. The maximum Gasteiger partial charge on any atom is 0.165 e. The third-order valence-corrected chi connectivity index (χ3v) is 4.22. The Morgan fingerprint density at radius 2 is 2.07 bits per heavy atom. The third-order valence-electron chi connectivity index (χ3n) is 2.60. The van der Waals surface area contributed by atoms with Crippen molar-refractivity contribution >= 4 is 17.5 Å². The average molecular weight is 206 g/mol. The molecule has 1 nitrogen and oxygen atoms in total.